The minimum absolute atomic E-state index is 0.194. The minimum Gasteiger partial charge on any atom is -0.497 e. The van der Waals surface area contributed by atoms with E-state index in [0.717, 1.165) is 85.7 Å². The summed E-state index contributed by atoms with van der Waals surface area (Å²) in [6.45, 7) is 12.4. The summed E-state index contributed by atoms with van der Waals surface area (Å²) in [5.74, 6) is 2.57. The van der Waals surface area contributed by atoms with Gasteiger partial charge in [0, 0.05) is 56.1 Å². The molecule has 0 amide bonds. The Bertz CT molecular complexity index is 2490. The van der Waals surface area contributed by atoms with E-state index in [9.17, 15) is 0 Å². The molecule has 1 unspecified atom stereocenters. The minimum atomic E-state index is -0.886. The van der Waals surface area contributed by atoms with Gasteiger partial charge in [0.05, 0.1) is 27.4 Å². The topological polar surface area (TPSA) is 40.2 Å². The van der Waals surface area contributed by atoms with Crippen LogP contribution in [-0.4, -0.2) is 40.5 Å². The summed E-state index contributed by atoms with van der Waals surface area (Å²) in [5, 5.41) is 2.26. The molecule has 1 saturated heterocycles. The Hall–Kier alpha value is -5.17. The van der Waals surface area contributed by atoms with Crippen LogP contribution in [0.25, 0.3) is 28.0 Å². The first-order valence-electron chi connectivity index (χ1n) is 20.9. The molecule has 0 radical (unpaired) electrons. The fourth-order valence-electron chi connectivity index (χ4n) is 9.99. The van der Waals surface area contributed by atoms with E-state index in [1.54, 1.807) is 14.2 Å². The van der Waals surface area contributed by atoms with E-state index in [-0.39, 0.29) is 5.41 Å². The Labute approximate surface area is 348 Å². The fourth-order valence-corrected chi connectivity index (χ4v) is 11.0. The van der Waals surface area contributed by atoms with Gasteiger partial charge in [0.2, 0.25) is 0 Å². The molecule has 6 aromatic carbocycles. The number of anilines is 1. The molecule has 0 spiro atoms. The first-order valence-corrected chi connectivity index (χ1v) is 21.7. The van der Waals surface area contributed by atoms with Gasteiger partial charge in [0.1, 0.15) is 17.2 Å². The number of morpholine rings is 1. The van der Waals surface area contributed by atoms with Crippen molar-refractivity contribution < 1.29 is 18.9 Å². The number of nitrogens with zero attached hydrogens (tertiary/aromatic N) is 1. The zero-order valence-electron chi connectivity index (χ0n) is 34.6. The van der Waals surface area contributed by atoms with E-state index in [2.05, 4.69) is 136 Å². The van der Waals surface area contributed by atoms with Crippen LogP contribution in [-0.2, 0) is 15.8 Å². The predicted octanol–water partition coefficient (Wildman–Crippen LogP) is 12.7. The molecule has 296 valence electrons. The Morgan fingerprint density at radius 2 is 1.38 bits per heavy atom. The molecule has 6 heteroatoms. The van der Waals surface area contributed by atoms with Crippen molar-refractivity contribution >= 4 is 34.3 Å². The predicted molar refractivity (Wildman–Crippen MR) is 239 cm³/mol. The summed E-state index contributed by atoms with van der Waals surface area (Å²) in [4.78, 5) is 5.02. The zero-order chi connectivity index (χ0) is 40.0. The highest BCUT2D eigenvalue weighted by atomic mass is 32.2. The maximum atomic E-state index is 7.73. The molecule has 1 atom stereocenters. The average Bonchev–Trinajstić information content (AvgIpc) is 3.54. The van der Waals surface area contributed by atoms with E-state index >= 15 is 0 Å². The second-order valence-electron chi connectivity index (χ2n) is 16.1. The highest BCUT2D eigenvalue weighted by Gasteiger charge is 2.48. The normalized spacial score (nSPS) is 17.7. The molecule has 9 rings (SSSR count). The molecule has 0 bridgehead atoms. The van der Waals surface area contributed by atoms with Crippen LogP contribution < -0.4 is 19.1 Å². The molecule has 6 aromatic rings. The van der Waals surface area contributed by atoms with Crippen molar-refractivity contribution in [1.29, 1.82) is 0 Å². The Balaban J connectivity index is 1.27. The van der Waals surface area contributed by atoms with Crippen LogP contribution in [0.5, 0.6) is 17.2 Å². The van der Waals surface area contributed by atoms with E-state index in [0.29, 0.717) is 0 Å². The van der Waals surface area contributed by atoms with Crippen LogP contribution in [0.3, 0.4) is 0 Å². The van der Waals surface area contributed by atoms with Crippen molar-refractivity contribution in [2.75, 3.05) is 45.4 Å². The molecule has 1 aliphatic carbocycles. The van der Waals surface area contributed by atoms with Gasteiger partial charge in [-0.15, -0.1) is 0 Å². The lowest BCUT2D eigenvalue weighted by atomic mass is 9.69. The molecule has 2 heterocycles. The van der Waals surface area contributed by atoms with Gasteiger partial charge in [-0.25, -0.2) is 0 Å². The molecular formula is C52H53NO4S. The number of hydrogen-bond acceptors (Lipinski definition) is 6. The lowest BCUT2D eigenvalue weighted by molar-refractivity contribution is 0.122. The third-order valence-electron chi connectivity index (χ3n) is 12.7. The smallest absolute Gasteiger partial charge is 0.178 e. The lowest BCUT2D eigenvalue weighted by Gasteiger charge is -2.40. The number of aryl methyl sites for hydroxylation is 2. The van der Waals surface area contributed by atoms with Crippen LogP contribution in [0.1, 0.15) is 78.5 Å². The number of hydrogen-bond donors (Lipinski definition) is 0. The van der Waals surface area contributed by atoms with Crippen molar-refractivity contribution in [2.45, 2.75) is 74.2 Å². The monoisotopic (exact) mass is 787 g/mol. The number of benzene rings is 6. The summed E-state index contributed by atoms with van der Waals surface area (Å²) in [6.07, 6.45) is 8.91. The molecule has 5 nitrogen and oxygen atoms in total. The highest BCUT2D eigenvalue weighted by Crippen LogP contribution is 2.62. The maximum absolute atomic E-state index is 7.73. The molecule has 0 N–H and O–H groups in total. The van der Waals surface area contributed by atoms with Crippen LogP contribution in [0, 0.1) is 13.8 Å². The first-order chi connectivity index (χ1) is 28.3. The third kappa shape index (κ3) is 6.27. The Morgan fingerprint density at radius 3 is 2.03 bits per heavy atom. The fraction of sp³-hybridized carbons (Fsp3) is 0.308. The largest absolute Gasteiger partial charge is 0.497 e. The van der Waals surface area contributed by atoms with Crippen LogP contribution in [0.2, 0.25) is 0 Å². The first kappa shape index (κ1) is 38.4. The van der Waals surface area contributed by atoms with Crippen molar-refractivity contribution in [3.8, 4) is 28.4 Å². The van der Waals surface area contributed by atoms with Gasteiger partial charge < -0.3 is 23.8 Å². The van der Waals surface area contributed by atoms with Gasteiger partial charge in [-0.2, -0.15) is 0 Å². The molecule has 0 aromatic heterocycles. The van der Waals surface area contributed by atoms with Gasteiger partial charge in [0.15, 0.2) is 5.60 Å². The summed E-state index contributed by atoms with van der Waals surface area (Å²) in [7, 11) is 3.48. The molecular weight excluding hydrogens is 735 g/mol. The van der Waals surface area contributed by atoms with E-state index in [4.69, 9.17) is 18.9 Å². The zero-order valence-corrected chi connectivity index (χ0v) is 35.4. The second kappa shape index (κ2) is 15.5. The Kier molecular flexibility index (Phi) is 10.3. The average molecular weight is 788 g/mol. The molecule has 58 heavy (non-hydrogen) atoms. The van der Waals surface area contributed by atoms with Crippen molar-refractivity contribution in [2.24, 2.45) is 0 Å². The maximum Gasteiger partial charge on any atom is 0.178 e. The second-order valence-corrected chi connectivity index (χ2v) is 17.1. The summed E-state index contributed by atoms with van der Waals surface area (Å²) in [5.41, 5.74) is 11.5. The summed E-state index contributed by atoms with van der Waals surface area (Å²) in [6, 6.07) is 37.7. The molecule has 2 aliphatic heterocycles. The summed E-state index contributed by atoms with van der Waals surface area (Å²) < 4.78 is 25.0. The molecule has 3 aliphatic rings. The van der Waals surface area contributed by atoms with Gasteiger partial charge in [-0.1, -0.05) is 93.1 Å². The SMILES string of the molecule is CCCC1(CCC)c2cc(Sc3c(C)cccc3C)ccc2-c2c1c1c(c3ccc(OC)cc23)OC(c2ccc(OC)cc2)(c2ccc(N3CCOCC3)cc2)C=C1. The van der Waals surface area contributed by atoms with Gasteiger partial charge in [-0.3, -0.25) is 0 Å². The number of fused-ring (bicyclic) bond motifs is 8. The number of methoxy groups -OCH3 is 2. The van der Waals surface area contributed by atoms with E-state index in [1.807, 2.05) is 23.9 Å². The van der Waals surface area contributed by atoms with Gasteiger partial charge >= 0.3 is 0 Å². The standard InChI is InChI=1S/C52H53NO4S/c1-7-25-51(26-8-2)46-33-41(58-50-34(3)10-9-11-35(50)4)21-23-43(46)47-45-32-40(55-6)20-22-42(45)49-44(48(47)51)24-27-52(57-49,37-14-18-39(54-5)19-15-37)36-12-16-38(17-13-36)53-28-30-56-31-29-53/h9-24,27,32-33H,7-8,25-26,28-31H2,1-6H3. The van der Waals surface area contributed by atoms with Crippen molar-refractivity contribution in [3.63, 3.8) is 0 Å². The number of ether oxygens (including phenoxy) is 4. The lowest BCUT2D eigenvalue weighted by Crippen LogP contribution is -2.37. The Morgan fingerprint density at radius 1 is 0.724 bits per heavy atom. The van der Waals surface area contributed by atoms with Gasteiger partial charge in [-0.05, 0) is 126 Å². The third-order valence-corrected chi connectivity index (χ3v) is 14.0. The van der Waals surface area contributed by atoms with E-state index < -0.39 is 5.60 Å². The van der Waals surface area contributed by atoms with E-state index in [1.165, 1.54) is 59.8 Å². The quantitative estimate of drug-likeness (QED) is 0.130. The number of rotatable bonds is 11. The molecule has 0 saturated carbocycles. The van der Waals surface area contributed by atoms with Crippen molar-refractivity contribution in [1.82, 2.24) is 0 Å². The van der Waals surface area contributed by atoms with Crippen LogP contribution in [0.15, 0.2) is 119 Å². The van der Waals surface area contributed by atoms with Gasteiger partial charge in [0.25, 0.3) is 0 Å². The highest BCUT2D eigenvalue weighted by molar-refractivity contribution is 7.99. The summed E-state index contributed by atoms with van der Waals surface area (Å²) >= 11 is 1.89. The van der Waals surface area contributed by atoms with Crippen LogP contribution >= 0.6 is 11.8 Å². The molecule has 1 fully saturated rings. The van der Waals surface area contributed by atoms with Crippen LogP contribution in [0.4, 0.5) is 5.69 Å². The van der Waals surface area contributed by atoms with Crippen molar-refractivity contribution in [3.05, 3.63) is 148 Å².